The molecule has 1 fully saturated rings. The van der Waals surface area contributed by atoms with E-state index in [9.17, 15) is 10.0 Å². The number of ether oxygens (including phenoxy) is 1. The molecule has 3 aromatic rings. The van der Waals surface area contributed by atoms with Gasteiger partial charge in [0.05, 0.1) is 11.4 Å². The average Bonchev–Trinajstić information content (AvgIpc) is 3.10. The monoisotopic (exact) mass is 432 g/mol. The Kier molecular flexibility index (Phi) is 5.69. The molecular weight excluding hydrogens is 402 g/mol. The summed E-state index contributed by atoms with van der Waals surface area (Å²) in [6.07, 6.45) is 0.616. The van der Waals surface area contributed by atoms with Crippen molar-refractivity contribution in [1.82, 2.24) is 14.8 Å². The molecular formula is C26H30N3O3. The summed E-state index contributed by atoms with van der Waals surface area (Å²) in [4.78, 5) is 13.3. The van der Waals surface area contributed by atoms with E-state index in [4.69, 9.17) is 4.74 Å². The minimum Gasteiger partial charge on any atom is -0.457 e. The first-order chi connectivity index (χ1) is 15.1. The summed E-state index contributed by atoms with van der Waals surface area (Å²) in [5, 5.41) is 18.5. The van der Waals surface area contributed by atoms with Crippen molar-refractivity contribution >= 4 is 5.97 Å². The van der Waals surface area contributed by atoms with Crippen LogP contribution >= 0.6 is 0 Å². The van der Waals surface area contributed by atoms with Crippen LogP contribution in [0, 0.1) is 6.92 Å². The van der Waals surface area contributed by atoms with Gasteiger partial charge >= 0.3 is 5.97 Å². The predicted octanol–water partition coefficient (Wildman–Crippen LogP) is 5.37. The van der Waals surface area contributed by atoms with Crippen LogP contribution in [0.3, 0.4) is 0 Å². The van der Waals surface area contributed by atoms with E-state index in [-0.39, 0.29) is 6.10 Å². The topological polar surface area (TPSA) is 67.3 Å². The van der Waals surface area contributed by atoms with Crippen molar-refractivity contribution < 1.29 is 14.7 Å². The molecule has 0 saturated carbocycles. The number of para-hydroxylation sites is 1. The Bertz CT molecular complexity index is 1090. The summed E-state index contributed by atoms with van der Waals surface area (Å²) in [5.41, 5.74) is 2.55. The van der Waals surface area contributed by atoms with Gasteiger partial charge in [0, 0.05) is 35.0 Å². The van der Waals surface area contributed by atoms with E-state index in [1.165, 1.54) is 0 Å². The quantitative estimate of drug-likeness (QED) is 0.520. The molecule has 4 rings (SSSR count). The van der Waals surface area contributed by atoms with E-state index in [0.29, 0.717) is 18.5 Å². The summed E-state index contributed by atoms with van der Waals surface area (Å²) in [6, 6.07) is 19.7. The van der Waals surface area contributed by atoms with Crippen molar-refractivity contribution in [2.24, 2.45) is 0 Å². The van der Waals surface area contributed by atoms with Crippen LogP contribution in [0.5, 0.6) is 0 Å². The molecule has 0 amide bonds. The smallest absolute Gasteiger partial charge is 0.359 e. The molecule has 1 aliphatic rings. The fourth-order valence-electron chi connectivity index (χ4n) is 4.84. The number of aromatic nitrogens is 2. The van der Waals surface area contributed by atoms with Gasteiger partial charge in [0.1, 0.15) is 6.10 Å². The number of nitrogens with zero attached hydrogens (tertiary/aromatic N) is 3. The molecule has 0 N–H and O–H groups in total. The highest BCUT2D eigenvalue weighted by Gasteiger charge is 2.47. The lowest BCUT2D eigenvalue weighted by Crippen LogP contribution is -2.60. The number of hydroxylamine groups is 2. The Morgan fingerprint density at radius 1 is 0.938 bits per heavy atom. The van der Waals surface area contributed by atoms with Crippen molar-refractivity contribution in [2.45, 2.75) is 64.6 Å². The summed E-state index contributed by atoms with van der Waals surface area (Å²) in [7, 11) is 0. The first-order valence-corrected chi connectivity index (χ1v) is 11.0. The van der Waals surface area contributed by atoms with Crippen LogP contribution in [0.2, 0.25) is 0 Å². The van der Waals surface area contributed by atoms with E-state index in [1.54, 1.807) is 4.68 Å². The minimum atomic E-state index is -0.611. The Morgan fingerprint density at radius 3 is 2.03 bits per heavy atom. The molecule has 2 aromatic carbocycles. The van der Waals surface area contributed by atoms with Gasteiger partial charge in [0.15, 0.2) is 5.69 Å². The highest BCUT2D eigenvalue weighted by molar-refractivity contribution is 5.91. The zero-order chi connectivity index (χ0) is 23.1. The molecule has 1 saturated heterocycles. The fraction of sp³-hybridized carbons (Fsp3) is 0.385. The number of piperidine rings is 1. The first-order valence-electron chi connectivity index (χ1n) is 11.0. The second-order valence-electron chi connectivity index (χ2n) is 9.79. The number of rotatable bonds is 4. The third-order valence-electron chi connectivity index (χ3n) is 6.19. The van der Waals surface area contributed by atoms with Gasteiger partial charge in [-0.15, -0.1) is 10.3 Å². The minimum absolute atomic E-state index is 0.299. The van der Waals surface area contributed by atoms with E-state index in [0.717, 1.165) is 27.6 Å². The van der Waals surface area contributed by atoms with Gasteiger partial charge in [0.2, 0.25) is 0 Å². The van der Waals surface area contributed by atoms with Gasteiger partial charge in [-0.3, -0.25) is 0 Å². The SMILES string of the molecule is Cc1c(C(=O)OC2CC(C)(C)N([O])C(C)(C)C2)nn(-c2ccccc2)c1-c1ccccc1. The second kappa shape index (κ2) is 8.19. The molecule has 1 aromatic heterocycles. The molecule has 0 unspecified atom stereocenters. The maximum atomic E-state index is 13.3. The third-order valence-corrected chi connectivity index (χ3v) is 6.19. The molecule has 6 nitrogen and oxygen atoms in total. The molecule has 6 heteroatoms. The molecule has 0 bridgehead atoms. The largest absolute Gasteiger partial charge is 0.457 e. The van der Waals surface area contributed by atoms with Gasteiger partial charge in [0.25, 0.3) is 0 Å². The normalized spacial score (nSPS) is 18.4. The third kappa shape index (κ3) is 4.08. The Hall–Kier alpha value is -2.96. The van der Waals surface area contributed by atoms with E-state index in [2.05, 4.69) is 5.10 Å². The molecule has 0 spiro atoms. The predicted molar refractivity (Wildman–Crippen MR) is 123 cm³/mol. The summed E-state index contributed by atoms with van der Waals surface area (Å²) >= 11 is 0. The maximum Gasteiger partial charge on any atom is 0.359 e. The lowest BCUT2D eigenvalue weighted by molar-refractivity contribution is -0.298. The van der Waals surface area contributed by atoms with Gasteiger partial charge < -0.3 is 4.74 Å². The Labute approximate surface area is 189 Å². The summed E-state index contributed by atoms with van der Waals surface area (Å²) in [6.45, 7) is 9.48. The highest BCUT2D eigenvalue weighted by atomic mass is 16.5. The van der Waals surface area contributed by atoms with Crippen LogP contribution in [0.25, 0.3) is 16.9 Å². The van der Waals surface area contributed by atoms with Crippen molar-refractivity contribution in [2.75, 3.05) is 0 Å². The maximum absolute atomic E-state index is 13.3. The molecule has 32 heavy (non-hydrogen) atoms. The fourth-order valence-corrected chi connectivity index (χ4v) is 4.84. The molecule has 0 atom stereocenters. The number of benzene rings is 2. The molecule has 2 heterocycles. The van der Waals surface area contributed by atoms with Crippen molar-refractivity contribution in [1.29, 1.82) is 0 Å². The highest BCUT2D eigenvalue weighted by Crippen LogP contribution is 2.39. The Balaban J connectivity index is 1.70. The van der Waals surface area contributed by atoms with Gasteiger partial charge in [-0.2, -0.15) is 5.10 Å². The number of esters is 1. The van der Waals surface area contributed by atoms with Crippen LogP contribution in [0.4, 0.5) is 0 Å². The Morgan fingerprint density at radius 2 is 1.47 bits per heavy atom. The second-order valence-corrected chi connectivity index (χ2v) is 9.79. The first kappa shape index (κ1) is 22.2. The number of carbonyl (C=O) groups is 1. The van der Waals surface area contributed by atoms with E-state index in [1.807, 2.05) is 95.3 Å². The lowest BCUT2D eigenvalue weighted by atomic mass is 9.80. The summed E-state index contributed by atoms with van der Waals surface area (Å²) < 4.78 is 7.74. The lowest BCUT2D eigenvalue weighted by Gasteiger charge is -2.49. The number of hydrogen-bond donors (Lipinski definition) is 0. The van der Waals surface area contributed by atoms with Gasteiger partial charge in [-0.25, -0.2) is 9.48 Å². The van der Waals surface area contributed by atoms with E-state index < -0.39 is 17.0 Å². The molecule has 1 aliphatic heterocycles. The van der Waals surface area contributed by atoms with Gasteiger partial charge in [-0.05, 0) is 46.8 Å². The molecule has 167 valence electrons. The van der Waals surface area contributed by atoms with Crippen LogP contribution in [-0.4, -0.2) is 38.0 Å². The zero-order valence-corrected chi connectivity index (χ0v) is 19.3. The standard InChI is InChI=1S/C26H30N3O3/c1-18-22(24(30)32-21-16-25(2,3)29(31)26(4,5)17-21)27-28(20-14-10-7-11-15-20)23(18)19-12-8-6-9-13-19/h6-15,21H,16-17H2,1-5H3. The van der Waals surface area contributed by atoms with E-state index >= 15 is 0 Å². The zero-order valence-electron chi connectivity index (χ0n) is 19.3. The van der Waals surface area contributed by atoms with Crippen LogP contribution < -0.4 is 0 Å². The number of carbonyl (C=O) groups excluding carboxylic acids is 1. The van der Waals surface area contributed by atoms with Crippen molar-refractivity contribution in [3.63, 3.8) is 0 Å². The molecule has 0 aliphatic carbocycles. The van der Waals surface area contributed by atoms with Crippen molar-refractivity contribution in [3.8, 4) is 16.9 Å². The van der Waals surface area contributed by atoms with Gasteiger partial charge in [-0.1, -0.05) is 48.5 Å². The average molecular weight is 433 g/mol. The molecule has 1 radical (unpaired) electrons. The van der Waals surface area contributed by atoms with Crippen LogP contribution in [0.1, 0.15) is 56.6 Å². The van der Waals surface area contributed by atoms with Crippen molar-refractivity contribution in [3.05, 3.63) is 71.9 Å². The van der Waals surface area contributed by atoms with Crippen LogP contribution in [0.15, 0.2) is 60.7 Å². The van der Waals surface area contributed by atoms with Crippen LogP contribution in [-0.2, 0) is 9.94 Å². The summed E-state index contributed by atoms with van der Waals surface area (Å²) in [5.74, 6) is -0.453. The number of hydrogen-bond acceptors (Lipinski definition) is 4.